The second kappa shape index (κ2) is 7.00. The van der Waals surface area contributed by atoms with Gasteiger partial charge in [-0.25, -0.2) is 0 Å². The summed E-state index contributed by atoms with van der Waals surface area (Å²) >= 11 is 2.09. The molecule has 4 nitrogen and oxygen atoms in total. The first kappa shape index (κ1) is 16.4. The summed E-state index contributed by atoms with van der Waals surface area (Å²) in [5.74, 6) is 2.29. The van der Waals surface area contributed by atoms with Crippen molar-refractivity contribution in [3.05, 3.63) is 0 Å². The van der Waals surface area contributed by atoms with E-state index in [1.165, 1.54) is 44.5 Å². The zero-order chi connectivity index (χ0) is 15.5. The van der Waals surface area contributed by atoms with Crippen LogP contribution in [0.25, 0.3) is 0 Å². The third-order valence-electron chi connectivity index (χ3n) is 5.79. The molecule has 0 bridgehead atoms. The third kappa shape index (κ3) is 3.40. The Bertz CT molecular complexity index is 397. The Morgan fingerprint density at radius 3 is 2.55 bits per heavy atom. The molecule has 0 aromatic carbocycles. The molecule has 3 fully saturated rings. The largest absolute Gasteiger partial charge is 0.381 e. The number of hydrogen-bond acceptors (Lipinski definition) is 3. The molecule has 2 aliphatic heterocycles. The van der Waals surface area contributed by atoms with Crippen LogP contribution in [0, 0.1) is 5.41 Å². The van der Waals surface area contributed by atoms with E-state index in [0.29, 0.717) is 10.2 Å². The fourth-order valence-corrected chi connectivity index (χ4v) is 5.44. The maximum Gasteiger partial charge on any atom is 0.193 e. The van der Waals surface area contributed by atoms with Gasteiger partial charge in [0.15, 0.2) is 5.96 Å². The summed E-state index contributed by atoms with van der Waals surface area (Å²) in [7, 11) is 1.93. The summed E-state index contributed by atoms with van der Waals surface area (Å²) in [5, 5.41) is 3.69. The van der Waals surface area contributed by atoms with Crippen LogP contribution in [-0.4, -0.2) is 61.3 Å². The van der Waals surface area contributed by atoms with Gasteiger partial charge in [-0.3, -0.25) is 4.99 Å². The molecule has 1 aliphatic carbocycles. The number of nitrogens with one attached hydrogen (secondary N) is 1. The number of guanidine groups is 1. The monoisotopic (exact) mass is 325 g/mol. The van der Waals surface area contributed by atoms with Crippen molar-refractivity contribution in [2.75, 3.05) is 45.6 Å². The van der Waals surface area contributed by atoms with Gasteiger partial charge in [0.2, 0.25) is 0 Å². The minimum absolute atomic E-state index is 0.330. The zero-order valence-corrected chi connectivity index (χ0v) is 15.0. The van der Waals surface area contributed by atoms with E-state index in [1.54, 1.807) is 0 Å². The number of hydrogen-bond donors (Lipinski definition) is 1. The molecule has 126 valence electrons. The molecule has 3 aliphatic rings. The minimum Gasteiger partial charge on any atom is -0.381 e. The lowest BCUT2D eigenvalue weighted by Gasteiger charge is -2.39. The molecular formula is C17H31N3OS. The van der Waals surface area contributed by atoms with Gasteiger partial charge in [0.25, 0.3) is 0 Å². The number of ether oxygens (including phenoxy) is 1. The topological polar surface area (TPSA) is 36.9 Å². The number of rotatable bonds is 4. The van der Waals surface area contributed by atoms with Crippen molar-refractivity contribution in [3.63, 3.8) is 0 Å². The summed E-state index contributed by atoms with van der Waals surface area (Å²) in [6, 6.07) is 0. The van der Waals surface area contributed by atoms with E-state index in [1.807, 2.05) is 7.05 Å². The van der Waals surface area contributed by atoms with Gasteiger partial charge in [0, 0.05) is 44.6 Å². The molecule has 5 heteroatoms. The summed E-state index contributed by atoms with van der Waals surface area (Å²) < 4.78 is 5.90. The van der Waals surface area contributed by atoms with Crippen molar-refractivity contribution in [1.82, 2.24) is 10.2 Å². The van der Waals surface area contributed by atoms with Gasteiger partial charge in [-0.1, -0.05) is 13.3 Å². The summed E-state index contributed by atoms with van der Waals surface area (Å²) in [4.78, 5) is 7.05. The van der Waals surface area contributed by atoms with Gasteiger partial charge in [0.05, 0.1) is 0 Å². The van der Waals surface area contributed by atoms with Crippen LogP contribution in [0.15, 0.2) is 4.99 Å². The number of aliphatic imine (C=N–C) groups is 1. The Labute approximate surface area is 139 Å². The van der Waals surface area contributed by atoms with Crippen molar-refractivity contribution in [2.24, 2.45) is 10.4 Å². The van der Waals surface area contributed by atoms with E-state index in [0.717, 1.165) is 38.6 Å². The van der Waals surface area contributed by atoms with E-state index in [9.17, 15) is 0 Å². The fourth-order valence-electron chi connectivity index (χ4n) is 4.19. The highest BCUT2D eigenvalue weighted by Gasteiger charge is 2.43. The van der Waals surface area contributed by atoms with Crippen LogP contribution in [0.4, 0.5) is 0 Å². The van der Waals surface area contributed by atoms with Crippen molar-refractivity contribution in [2.45, 2.75) is 50.2 Å². The number of nitrogens with zero attached hydrogens (tertiary/aromatic N) is 2. The fraction of sp³-hybridized carbons (Fsp3) is 0.941. The van der Waals surface area contributed by atoms with Crippen LogP contribution in [0.1, 0.15) is 45.4 Å². The summed E-state index contributed by atoms with van der Waals surface area (Å²) in [5.41, 5.74) is 0.631. The quantitative estimate of drug-likeness (QED) is 0.637. The third-order valence-corrected chi connectivity index (χ3v) is 7.24. The molecule has 22 heavy (non-hydrogen) atoms. The van der Waals surface area contributed by atoms with Gasteiger partial charge in [0.1, 0.15) is 0 Å². The van der Waals surface area contributed by atoms with Crippen LogP contribution < -0.4 is 5.32 Å². The average Bonchev–Trinajstić information content (AvgIpc) is 2.95. The Morgan fingerprint density at radius 2 is 2.00 bits per heavy atom. The van der Waals surface area contributed by atoms with Crippen molar-refractivity contribution in [3.8, 4) is 0 Å². The normalized spacial score (nSPS) is 27.0. The predicted molar refractivity (Wildman–Crippen MR) is 94.8 cm³/mol. The highest BCUT2D eigenvalue weighted by molar-refractivity contribution is 8.00. The average molecular weight is 326 g/mol. The predicted octanol–water partition coefficient (Wildman–Crippen LogP) is 2.74. The molecule has 1 N–H and O–H groups in total. The molecule has 0 aromatic rings. The Balaban J connectivity index is 1.56. The molecule has 2 saturated heterocycles. The number of thioether (sulfide) groups is 1. The molecule has 0 radical (unpaired) electrons. The first-order valence-electron chi connectivity index (χ1n) is 8.88. The molecule has 0 atom stereocenters. The van der Waals surface area contributed by atoms with E-state index in [-0.39, 0.29) is 0 Å². The molecule has 0 amide bonds. The summed E-state index contributed by atoms with van der Waals surface area (Å²) in [6.45, 7) is 7.48. The smallest absolute Gasteiger partial charge is 0.193 e. The van der Waals surface area contributed by atoms with Crippen molar-refractivity contribution < 1.29 is 4.74 Å². The van der Waals surface area contributed by atoms with Gasteiger partial charge >= 0.3 is 0 Å². The second-order valence-electron chi connectivity index (χ2n) is 7.15. The van der Waals surface area contributed by atoms with Crippen LogP contribution in [0.2, 0.25) is 0 Å². The molecule has 3 rings (SSSR count). The molecular weight excluding hydrogens is 294 g/mol. The SMILES string of the molecule is CCSC1(CNC(=NC)N2CCC3(CCC3)C2)CCOCC1. The Morgan fingerprint density at radius 1 is 1.23 bits per heavy atom. The molecule has 0 aromatic heterocycles. The standard InChI is InChI=1S/C17H31N3OS/c1-3-22-17(8-11-21-12-9-17)13-19-15(18-2)20-10-7-16(14-20)5-4-6-16/h3-14H2,1-2H3,(H,18,19). The van der Waals surface area contributed by atoms with Crippen molar-refractivity contribution >= 4 is 17.7 Å². The van der Waals surface area contributed by atoms with Crippen molar-refractivity contribution in [1.29, 1.82) is 0 Å². The Hall–Kier alpha value is -0.420. The van der Waals surface area contributed by atoms with Crippen LogP contribution >= 0.6 is 11.8 Å². The van der Waals surface area contributed by atoms with Gasteiger partial charge in [-0.2, -0.15) is 11.8 Å². The number of likely N-dealkylation sites (tertiary alicyclic amines) is 1. The highest BCUT2D eigenvalue weighted by Crippen LogP contribution is 2.47. The first-order valence-corrected chi connectivity index (χ1v) is 9.87. The summed E-state index contributed by atoms with van der Waals surface area (Å²) in [6.07, 6.45) is 7.94. The lowest BCUT2D eigenvalue weighted by atomic mass is 9.68. The second-order valence-corrected chi connectivity index (χ2v) is 8.89. The zero-order valence-electron chi connectivity index (χ0n) is 14.2. The van der Waals surface area contributed by atoms with Crippen LogP contribution in [-0.2, 0) is 4.74 Å². The van der Waals surface area contributed by atoms with E-state index < -0.39 is 0 Å². The Kier molecular flexibility index (Phi) is 5.23. The molecule has 2 heterocycles. The molecule has 0 unspecified atom stereocenters. The van der Waals surface area contributed by atoms with Gasteiger partial charge < -0.3 is 15.0 Å². The lowest BCUT2D eigenvalue weighted by Crippen LogP contribution is -2.49. The maximum atomic E-state index is 5.57. The van der Waals surface area contributed by atoms with Gasteiger partial charge in [-0.15, -0.1) is 0 Å². The lowest BCUT2D eigenvalue weighted by molar-refractivity contribution is 0.0780. The van der Waals surface area contributed by atoms with E-state index in [4.69, 9.17) is 4.74 Å². The van der Waals surface area contributed by atoms with Crippen LogP contribution in [0.5, 0.6) is 0 Å². The van der Waals surface area contributed by atoms with Gasteiger partial charge in [-0.05, 0) is 43.3 Å². The van der Waals surface area contributed by atoms with E-state index in [2.05, 4.69) is 33.9 Å². The molecule has 1 saturated carbocycles. The maximum absolute atomic E-state index is 5.57. The van der Waals surface area contributed by atoms with Crippen LogP contribution in [0.3, 0.4) is 0 Å². The highest BCUT2D eigenvalue weighted by atomic mass is 32.2. The van der Waals surface area contributed by atoms with E-state index >= 15 is 0 Å². The minimum atomic E-state index is 0.330. The molecule has 1 spiro atoms. The first-order chi connectivity index (χ1) is 10.7.